The Labute approximate surface area is 84.6 Å². The average molecular weight is 201 g/mol. The molecule has 1 atom stereocenters. The summed E-state index contributed by atoms with van der Waals surface area (Å²) in [6.07, 6.45) is 1.89. The molecule has 4 nitrogen and oxygen atoms in total. The molecule has 0 aromatic heterocycles. The van der Waals surface area contributed by atoms with Gasteiger partial charge in [0.05, 0.1) is 0 Å². The molecule has 0 aromatic rings. The molecular weight excluding hydrogens is 182 g/mol. The van der Waals surface area contributed by atoms with Crippen molar-refractivity contribution in [1.82, 2.24) is 5.32 Å². The molecule has 0 saturated carbocycles. The summed E-state index contributed by atoms with van der Waals surface area (Å²) in [5.41, 5.74) is 0.181. The van der Waals surface area contributed by atoms with Crippen molar-refractivity contribution in [2.24, 2.45) is 5.92 Å². The summed E-state index contributed by atoms with van der Waals surface area (Å²) in [5.74, 6) is -0.638. The maximum Gasteiger partial charge on any atom is 0.332 e. The average Bonchev–Trinajstić information content (AvgIpc) is 2.16. The molecule has 0 spiro atoms. The number of carboxylic acid groups (broad SMARTS) is 1. The summed E-state index contributed by atoms with van der Waals surface area (Å²) in [7, 11) is 0. The van der Waals surface area contributed by atoms with Crippen LogP contribution in [0.1, 0.15) is 19.8 Å². The number of aliphatic hydroxyl groups excluding tert-OH is 1. The fourth-order valence-electron chi connectivity index (χ4n) is 0.982. The number of hydrogen-bond donors (Lipinski definition) is 3. The van der Waals surface area contributed by atoms with E-state index in [1.807, 2.05) is 6.92 Å². The highest BCUT2D eigenvalue weighted by molar-refractivity contribution is 5.86. The molecule has 82 valence electrons. The van der Waals surface area contributed by atoms with Crippen molar-refractivity contribution < 1.29 is 15.0 Å². The largest absolute Gasteiger partial charge is 0.478 e. The molecule has 1 unspecified atom stereocenters. The molecule has 0 bridgehead atoms. The van der Waals surface area contributed by atoms with Crippen molar-refractivity contribution >= 4 is 5.97 Å². The summed E-state index contributed by atoms with van der Waals surface area (Å²) in [5, 5.41) is 20.2. The SMILES string of the molecule is C=C(CNCCCC(C)CO)C(=O)O. The molecule has 3 N–H and O–H groups in total. The number of carbonyl (C=O) groups is 1. The Hall–Kier alpha value is -0.870. The minimum atomic E-state index is -0.957. The van der Waals surface area contributed by atoms with Crippen molar-refractivity contribution in [3.63, 3.8) is 0 Å². The molecular formula is C10H19NO3. The van der Waals surface area contributed by atoms with Crippen LogP contribution in [0.15, 0.2) is 12.2 Å². The number of nitrogens with one attached hydrogen (secondary N) is 1. The predicted octanol–water partition coefficient (Wildman–Crippen LogP) is 0.625. The van der Waals surface area contributed by atoms with Gasteiger partial charge in [0, 0.05) is 18.7 Å². The Bertz CT molecular complexity index is 192. The Morgan fingerprint density at radius 3 is 2.71 bits per heavy atom. The first-order valence-corrected chi connectivity index (χ1v) is 4.80. The van der Waals surface area contributed by atoms with E-state index in [1.165, 1.54) is 0 Å². The van der Waals surface area contributed by atoms with Gasteiger partial charge in [0.15, 0.2) is 0 Å². The number of carboxylic acids is 1. The highest BCUT2D eigenvalue weighted by atomic mass is 16.4. The second-order valence-electron chi connectivity index (χ2n) is 3.52. The van der Waals surface area contributed by atoms with E-state index in [-0.39, 0.29) is 12.2 Å². The molecule has 0 aliphatic rings. The summed E-state index contributed by atoms with van der Waals surface area (Å²) in [4.78, 5) is 10.3. The van der Waals surface area contributed by atoms with Gasteiger partial charge in [-0.25, -0.2) is 4.79 Å². The Kier molecular flexibility index (Phi) is 7.06. The van der Waals surface area contributed by atoms with E-state index in [0.717, 1.165) is 19.4 Å². The van der Waals surface area contributed by atoms with Crippen LogP contribution in [-0.2, 0) is 4.79 Å². The minimum Gasteiger partial charge on any atom is -0.478 e. The molecule has 0 fully saturated rings. The normalized spacial score (nSPS) is 12.4. The lowest BCUT2D eigenvalue weighted by atomic mass is 10.1. The number of aliphatic hydroxyl groups is 1. The minimum absolute atomic E-state index is 0.181. The van der Waals surface area contributed by atoms with Crippen LogP contribution in [0.4, 0.5) is 0 Å². The number of hydrogen-bond acceptors (Lipinski definition) is 3. The van der Waals surface area contributed by atoms with Crippen molar-refractivity contribution in [2.45, 2.75) is 19.8 Å². The van der Waals surface area contributed by atoms with Crippen LogP contribution in [0.5, 0.6) is 0 Å². The van der Waals surface area contributed by atoms with Gasteiger partial charge in [0.2, 0.25) is 0 Å². The number of aliphatic carboxylic acids is 1. The van der Waals surface area contributed by atoms with Crippen molar-refractivity contribution in [1.29, 1.82) is 0 Å². The molecule has 0 radical (unpaired) electrons. The van der Waals surface area contributed by atoms with Gasteiger partial charge < -0.3 is 15.5 Å². The van der Waals surface area contributed by atoms with E-state index in [2.05, 4.69) is 11.9 Å². The highest BCUT2D eigenvalue weighted by Gasteiger charge is 2.02. The fraction of sp³-hybridized carbons (Fsp3) is 0.700. The van der Waals surface area contributed by atoms with Gasteiger partial charge in [0.25, 0.3) is 0 Å². The number of rotatable bonds is 8. The molecule has 0 saturated heterocycles. The van der Waals surface area contributed by atoms with E-state index >= 15 is 0 Å². The van der Waals surface area contributed by atoms with E-state index in [9.17, 15) is 4.79 Å². The molecule has 0 aliphatic heterocycles. The van der Waals surface area contributed by atoms with Crippen molar-refractivity contribution in [2.75, 3.05) is 19.7 Å². The molecule has 0 amide bonds. The van der Waals surface area contributed by atoms with Crippen LogP contribution in [0, 0.1) is 5.92 Å². The first kappa shape index (κ1) is 13.1. The third kappa shape index (κ3) is 6.62. The van der Waals surface area contributed by atoms with Gasteiger partial charge in [-0.3, -0.25) is 0 Å². The van der Waals surface area contributed by atoms with E-state index in [0.29, 0.717) is 12.5 Å². The zero-order valence-corrected chi connectivity index (χ0v) is 8.62. The third-order valence-corrected chi connectivity index (χ3v) is 2.00. The second kappa shape index (κ2) is 7.53. The molecule has 0 rings (SSSR count). The Morgan fingerprint density at radius 2 is 2.21 bits per heavy atom. The zero-order valence-electron chi connectivity index (χ0n) is 8.62. The molecule has 0 aliphatic carbocycles. The Balaban J connectivity index is 3.30. The van der Waals surface area contributed by atoms with Gasteiger partial charge in [-0.05, 0) is 25.3 Å². The lowest BCUT2D eigenvalue weighted by molar-refractivity contribution is -0.132. The zero-order chi connectivity index (χ0) is 11.0. The van der Waals surface area contributed by atoms with Crippen LogP contribution in [-0.4, -0.2) is 35.9 Å². The van der Waals surface area contributed by atoms with Gasteiger partial charge in [0.1, 0.15) is 0 Å². The Morgan fingerprint density at radius 1 is 1.57 bits per heavy atom. The van der Waals surface area contributed by atoms with E-state index in [1.54, 1.807) is 0 Å². The summed E-state index contributed by atoms with van der Waals surface area (Å²) in [6.45, 7) is 6.68. The van der Waals surface area contributed by atoms with Gasteiger partial charge >= 0.3 is 5.97 Å². The maximum atomic E-state index is 10.3. The summed E-state index contributed by atoms with van der Waals surface area (Å²) in [6, 6.07) is 0. The van der Waals surface area contributed by atoms with E-state index < -0.39 is 5.97 Å². The third-order valence-electron chi connectivity index (χ3n) is 2.00. The first-order valence-electron chi connectivity index (χ1n) is 4.80. The lowest BCUT2D eigenvalue weighted by Crippen LogP contribution is -2.21. The second-order valence-corrected chi connectivity index (χ2v) is 3.52. The standard InChI is InChI=1S/C10H19NO3/c1-8(7-12)4-3-5-11-6-9(2)10(13)14/h8,11-12H,2-7H2,1H3,(H,13,14). The van der Waals surface area contributed by atoms with Gasteiger partial charge in [-0.2, -0.15) is 0 Å². The van der Waals surface area contributed by atoms with Crippen LogP contribution in [0.25, 0.3) is 0 Å². The van der Waals surface area contributed by atoms with Crippen molar-refractivity contribution in [3.05, 3.63) is 12.2 Å². The summed E-state index contributed by atoms with van der Waals surface area (Å²) < 4.78 is 0. The fourth-order valence-corrected chi connectivity index (χ4v) is 0.982. The van der Waals surface area contributed by atoms with Gasteiger partial charge in [-0.1, -0.05) is 13.5 Å². The van der Waals surface area contributed by atoms with Crippen LogP contribution in [0.2, 0.25) is 0 Å². The van der Waals surface area contributed by atoms with Crippen LogP contribution < -0.4 is 5.32 Å². The molecule has 4 heteroatoms. The molecule has 14 heavy (non-hydrogen) atoms. The smallest absolute Gasteiger partial charge is 0.332 e. The monoisotopic (exact) mass is 201 g/mol. The van der Waals surface area contributed by atoms with Crippen LogP contribution >= 0.6 is 0 Å². The highest BCUT2D eigenvalue weighted by Crippen LogP contribution is 2.02. The molecule has 0 heterocycles. The first-order chi connectivity index (χ1) is 6.57. The molecule has 0 aromatic carbocycles. The van der Waals surface area contributed by atoms with Gasteiger partial charge in [-0.15, -0.1) is 0 Å². The topological polar surface area (TPSA) is 69.6 Å². The maximum absolute atomic E-state index is 10.3. The van der Waals surface area contributed by atoms with E-state index in [4.69, 9.17) is 10.2 Å². The predicted molar refractivity (Wildman–Crippen MR) is 55.1 cm³/mol. The summed E-state index contributed by atoms with van der Waals surface area (Å²) >= 11 is 0. The van der Waals surface area contributed by atoms with Crippen molar-refractivity contribution in [3.8, 4) is 0 Å². The lowest BCUT2D eigenvalue weighted by Gasteiger charge is -2.08. The quantitative estimate of drug-likeness (QED) is 0.398. The van der Waals surface area contributed by atoms with Crippen LogP contribution in [0.3, 0.4) is 0 Å².